The van der Waals surface area contributed by atoms with E-state index in [2.05, 4.69) is 22.3 Å². The third-order valence-corrected chi connectivity index (χ3v) is 4.19. The van der Waals surface area contributed by atoms with Crippen molar-refractivity contribution in [3.63, 3.8) is 0 Å². The second-order valence-electron chi connectivity index (χ2n) is 4.67. The fourth-order valence-corrected chi connectivity index (χ4v) is 3.16. The van der Waals surface area contributed by atoms with Crippen LogP contribution in [0.25, 0.3) is 0 Å². The first kappa shape index (κ1) is 12.5. The molecule has 17 heavy (non-hydrogen) atoms. The first-order chi connectivity index (χ1) is 8.15. The molecule has 1 aromatic heterocycles. The number of hydrogen-bond donors (Lipinski definition) is 1. The molecule has 1 unspecified atom stereocenters. The van der Waals surface area contributed by atoms with Gasteiger partial charge in [0.25, 0.3) is 0 Å². The molecule has 94 valence electrons. The summed E-state index contributed by atoms with van der Waals surface area (Å²) in [5, 5.41) is 11.9. The van der Waals surface area contributed by atoms with Crippen molar-refractivity contribution in [1.29, 1.82) is 0 Å². The monoisotopic (exact) mass is 254 g/mol. The van der Waals surface area contributed by atoms with Crippen LogP contribution in [0.5, 0.6) is 0 Å². The zero-order valence-corrected chi connectivity index (χ0v) is 10.9. The number of thiazole rings is 1. The fraction of sp³-hybridized carbons (Fsp3) is 0.667. The Morgan fingerprint density at radius 1 is 1.71 bits per heavy atom. The second-order valence-corrected chi connectivity index (χ2v) is 5.56. The Morgan fingerprint density at radius 3 is 3.18 bits per heavy atom. The molecule has 1 atom stereocenters. The predicted molar refractivity (Wildman–Crippen MR) is 67.5 cm³/mol. The van der Waals surface area contributed by atoms with Crippen molar-refractivity contribution in [3.8, 4) is 0 Å². The van der Waals surface area contributed by atoms with Crippen molar-refractivity contribution in [3.05, 3.63) is 16.1 Å². The summed E-state index contributed by atoms with van der Waals surface area (Å²) in [7, 11) is 2.14. The minimum Gasteiger partial charge on any atom is -0.481 e. The molecule has 0 bridgehead atoms. The first-order valence-electron chi connectivity index (χ1n) is 6.00. The van der Waals surface area contributed by atoms with E-state index in [1.54, 1.807) is 11.3 Å². The van der Waals surface area contributed by atoms with E-state index in [1.807, 2.05) is 0 Å². The van der Waals surface area contributed by atoms with E-state index in [-0.39, 0.29) is 6.42 Å². The van der Waals surface area contributed by atoms with Gasteiger partial charge in [-0.2, -0.15) is 0 Å². The summed E-state index contributed by atoms with van der Waals surface area (Å²) in [5.41, 5.74) is 1.06. The summed E-state index contributed by atoms with van der Waals surface area (Å²) in [6.45, 7) is 2.25. The molecule has 1 fully saturated rings. The van der Waals surface area contributed by atoms with E-state index in [4.69, 9.17) is 5.11 Å². The molecule has 0 aliphatic carbocycles. The Kier molecular flexibility index (Phi) is 4.12. The molecule has 1 N–H and O–H groups in total. The number of nitrogens with zero attached hydrogens (tertiary/aromatic N) is 2. The van der Waals surface area contributed by atoms with Crippen molar-refractivity contribution in [2.24, 2.45) is 0 Å². The van der Waals surface area contributed by atoms with Crippen LogP contribution in [0, 0.1) is 0 Å². The number of hydrogen-bond acceptors (Lipinski definition) is 4. The summed E-state index contributed by atoms with van der Waals surface area (Å²) >= 11 is 1.72. The summed E-state index contributed by atoms with van der Waals surface area (Å²) in [6, 6.07) is 0. The van der Waals surface area contributed by atoms with Crippen molar-refractivity contribution in [2.75, 3.05) is 20.1 Å². The molecule has 0 aromatic carbocycles. The summed E-state index contributed by atoms with van der Waals surface area (Å²) in [5.74, 6) is -0.143. The molecule has 2 heterocycles. The molecular formula is C12H18N2O2S. The van der Waals surface area contributed by atoms with Crippen LogP contribution in [0.1, 0.15) is 35.9 Å². The highest BCUT2D eigenvalue weighted by molar-refractivity contribution is 7.09. The van der Waals surface area contributed by atoms with Gasteiger partial charge >= 0.3 is 5.97 Å². The van der Waals surface area contributed by atoms with Crippen LogP contribution in [0.15, 0.2) is 5.38 Å². The van der Waals surface area contributed by atoms with E-state index in [0.717, 1.165) is 25.2 Å². The van der Waals surface area contributed by atoms with Crippen LogP contribution >= 0.6 is 11.3 Å². The van der Waals surface area contributed by atoms with Gasteiger partial charge in [-0.15, -0.1) is 11.3 Å². The Bertz CT molecular complexity index is 392. The van der Waals surface area contributed by atoms with Crippen molar-refractivity contribution < 1.29 is 9.90 Å². The van der Waals surface area contributed by atoms with Gasteiger partial charge in [-0.05, 0) is 32.9 Å². The lowest BCUT2D eigenvalue weighted by molar-refractivity contribution is -0.137. The lowest BCUT2D eigenvalue weighted by Gasteiger charge is -2.06. The highest BCUT2D eigenvalue weighted by atomic mass is 32.1. The number of aliphatic carboxylic acids is 1. The summed E-state index contributed by atoms with van der Waals surface area (Å²) in [4.78, 5) is 17.4. The fourth-order valence-electron chi connectivity index (χ4n) is 2.18. The van der Waals surface area contributed by atoms with E-state index in [0.29, 0.717) is 12.3 Å². The Balaban J connectivity index is 1.85. The van der Waals surface area contributed by atoms with Crippen LogP contribution in [0.3, 0.4) is 0 Å². The largest absolute Gasteiger partial charge is 0.481 e. The Hall–Kier alpha value is -0.940. The first-order valence-corrected chi connectivity index (χ1v) is 6.88. The number of carbonyl (C=O) groups is 1. The SMILES string of the molecule is CN1CCC(c2nc(CCCC(=O)O)cs2)C1. The quantitative estimate of drug-likeness (QED) is 0.873. The number of aryl methyl sites for hydroxylation is 1. The average molecular weight is 254 g/mol. The third-order valence-electron chi connectivity index (χ3n) is 3.13. The van der Waals surface area contributed by atoms with Gasteiger partial charge in [-0.3, -0.25) is 4.79 Å². The lowest BCUT2D eigenvalue weighted by Crippen LogP contribution is -2.13. The van der Waals surface area contributed by atoms with Gasteiger partial charge in [0.2, 0.25) is 0 Å². The maximum absolute atomic E-state index is 10.4. The summed E-state index contributed by atoms with van der Waals surface area (Å²) in [6.07, 6.45) is 2.89. The predicted octanol–water partition coefficient (Wildman–Crippen LogP) is 1.97. The van der Waals surface area contributed by atoms with Gasteiger partial charge in [0, 0.05) is 24.3 Å². The minimum absolute atomic E-state index is 0.235. The van der Waals surface area contributed by atoms with Gasteiger partial charge in [0.05, 0.1) is 10.7 Å². The zero-order valence-electron chi connectivity index (χ0n) is 10.1. The molecule has 1 saturated heterocycles. The number of rotatable bonds is 5. The van der Waals surface area contributed by atoms with Gasteiger partial charge in [-0.1, -0.05) is 0 Å². The number of likely N-dealkylation sites (tertiary alicyclic amines) is 1. The smallest absolute Gasteiger partial charge is 0.303 e. The Labute approximate surface area is 105 Å². The number of likely N-dealkylation sites (N-methyl/N-ethyl adjacent to an activating group) is 1. The lowest BCUT2D eigenvalue weighted by atomic mass is 10.1. The molecule has 4 nitrogen and oxygen atoms in total. The van der Waals surface area contributed by atoms with Crippen LogP contribution < -0.4 is 0 Å². The number of carboxylic acid groups (broad SMARTS) is 1. The van der Waals surface area contributed by atoms with Crippen LogP contribution in [0.4, 0.5) is 0 Å². The molecule has 0 spiro atoms. The van der Waals surface area contributed by atoms with E-state index in [1.165, 1.54) is 11.4 Å². The molecule has 1 aromatic rings. The van der Waals surface area contributed by atoms with Gasteiger partial charge in [-0.25, -0.2) is 4.98 Å². The second kappa shape index (κ2) is 5.60. The van der Waals surface area contributed by atoms with Crippen LogP contribution in [-0.4, -0.2) is 41.1 Å². The standard InChI is InChI=1S/C12H18N2O2S/c1-14-6-5-9(7-14)12-13-10(8-17-12)3-2-4-11(15)16/h8-9H,2-7H2,1H3,(H,15,16). The molecule has 0 amide bonds. The third kappa shape index (κ3) is 3.51. The van der Waals surface area contributed by atoms with Gasteiger partial charge < -0.3 is 10.0 Å². The average Bonchev–Trinajstić information content (AvgIpc) is 2.86. The van der Waals surface area contributed by atoms with Crippen molar-refractivity contribution >= 4 is 17.3 Å². The minimum atomic E-state index is -0.724. The van der Waals surface area contributed by atoms with E-state index in [9.17, 15) is 4.79 Å². The molecule has 2 rings (SSSR count). The molecule has 1 aliphatic rings. The molecular weight excluding hydrogens is 236 g/mol. The number of carboxylic acids is 1. The highest BCUT2D eigenvalue weighted by Gasteiger charge is 2.23. The molecule has 0 saturated carbocycles. The molecule has 0 radical (unpaired) electrons. The van der Waals surface area contributed by atoms with Gasteiger partial charge in [0.1, 0.15) is 0 Å². The van der Waals surface area contributed by atoms with Crippen LogP contribution in [0.2, 0.25) is 0 Å². The normalized spacial score (nSPS) is 20.9. The maximum Gasteiger partial charge on any atom is 0.303 e. The Morgan fingerprint density at radius 2 is 2.53 bits per heavy atom. The van der Waals surface area contributed by atoms with Crippen LogP contribution in [-0.2, 0) is 11.2 Å². The van der Waals surface area contributed by atoms with Gasteiger partial charge in [0.15, 0.2) is 0 Å². The van der Waals surface area contributed by atoms with Crippen molar-refractivity contribution in [2.45, 2.75) is 31.6 Å². The topological polar surface area (TPSA) is 53.4 Å². The summed E-state index contributed by atoms with van der Waals surface area (Å²) < 4.78 is 0. The molecule has 5 heteroatoms. The maximum atomic E-state index is 10.4. The van der Waals surface area contributed by atoms with Crippen molar-refractivity contribution in [1.82, 2.24) is 9.88 Å². The molecule has 1 aliphatic heterocycles. The number of aromatic nitrogens is 1. The zero-order chi connectivity index (χ0) is 12.3. The van der Waals surface area contributed by atoms with E-state index < -0.39 is 5.97 Å². The highest BCUT2D eigenvalue weighted by Crippen LogP contribution is 2.28. The van der Waals surface area contributed by atoms with E-state index >= 15 is 0 Å².